The van der Waals surface area contributed by atoms with Crippen LogP contribution in [0.1, 0.15) is 6.92 Å². The molecule has 72 valence electrons. The maximum absolute atomic E-state index is 5.19. The summed E-state index contributed by atoms with van der Waals surface area (Å²) in [5.41, 5.74) is 1.79. The summed E-state index contributed by atoms with van der Waals surface area (Å²) in [7, 11) is 1.66. The van der Waals surface area contributed by atoms with E-state index in [0.717, 1.165) is 11.3 Å². The van der Waals surface area contributed by atoms with Gasteiger partial charge in [0.05, 0.1) is 11.8 Å². The molecule has 0 bridgehead atoms. The smallest absolute Gasteiger partial charge is 0.137 e. The van der Waals surface area contributed by atoms with Crippen molar-refractivity contribution in [3.05, 3.63) is 23.8 Å². The van der Waals surface area contributed by atoms with Crippen LogP contribution in [0.5, 0.6) is 0 Å². The van der Waals surface area contributed by atoms with Crippen molar-refractivity contribution >= 4 is 28.8 Å². The summed E-state index contributed by atoms with van der Waals surface area (Å²) in [4.78, 5) is 9.03. The van der Waals surface area contributed by atoms with Gasteiger partial charge in [-0.05, 0) is 25.2 Å². The Bertz CT molecular complexity index is 404. The minimum absolute atomic E-state index is 0.0180. The summed E-state index contributed by atoms with van der Waals surface area (Å²) < 4.78 is 5.19. The second kappa shape index (κ2) is 3.55. The fourth-order valence-electron chi connectivity index (χ4n) is 1.41. The highest BCUT2D eigenvalue weighted by Crippen LogP contribution is 2.17. The molecule has 0 fully saturated rings. The molecule has 14 heavy (non-hydrogen) atoms. The first-order chi connectivity index (χ1) is 6.70. The molecule has 3 nitrogen and oxygen atoms in total. The van der Waals surface area contributed by atoms with Crippen LogP contribution < -0.4 is 0 Å². The number of nitrogens with zero attached hydrogens (tertiary/aromatic N) is 2. The second-order valence-corrected chi connectivity index (χ2v) is 3.49. The van der Waals surface area contributed by atoms with E-state index in [4.69, 9.17) is 17.0 Å². The molecule has 0 aromatic carbocycles. The number of hydrogen-bond donors (Lipinski definition) is 0. The molecule has 1 atom stereocenters. The van der Waals surface area contributed by atoms with Gasteiger partial charge in [0.1, 0.15) is 10.8 Å². The zero-order valence-corrected chi connectivity index (χ0v) is 8.84. The summed E-state index contributed by atoms with van der Waals surface area (Å²) >= 11 is 5.16. The van der Waals surface area contributed by atoms with Crippen LogP contribution in [0, 0.1) is 0 Å². The second-order valence-electron chi connectivity index (χ2n) is 3.10. The molecule has 2 rings (SSSR count). The van der Waals surface area contributed by atoms with Crippen molar-refractivity contribution in [2.24, 2.45) is 9.98 Å². The van der Waals surface area contributed by atoms with Crippen molar-refractivity contribution in [1.82, 2.24) is 0 Å². The molecule has 0 spiro atoms. The first kappa shape index (κ1) is 9.43. The normalized spacial score (nSPS) is 25.1. The lowest BCUT2D eigenvalue weighted by atomic mass is 10.0. The van der Waals surface area contributed by atoms with Crippen molar-refractivity contribution in [3.63, 3.8) is 0 Å². The van der Waals surface area contributed by atoms with E-state index < -0.39 is 0 Å². The topological polar surface area (TPSA) is 34.0 Å². The van der Waals surface area contributed by atoms with Crippen molar-refractivity contribution in [2.75, 3.05) is 7.11 Å². The standard InChI is InChI=1S/C10H10N2OS/c1-6-11-9-4-3-7(13-2)5-8(9)10(14)12-6/h3-5,7H,1-2H3. The zero-order chi connectivity index (χ0) is 10.1. The highest BCUT2D eigenvalue weighted by molar-refractivity contribution is 7.81. The lowest BCUT2D eigenvalue weighted by Gasteiger charge is -2.18. The molecule has 0 radical (unpaired) electrons. The summed E-state index contributed by atoms with van der Waals surface area (Å²) in [6.07, 6.45) is 5.80. The van der Waals surface area contributed by atoms with Gasteiger partial charge in [-0.15, -0.1) is 0 Å². The largest absolute Gasteiger partial charge is 0.373 e. The van der Waals surface area contributed by atoms with Gasteiger partial charge in [0.2, 0.25) is 0 Å². The predicted octanol–water partition coefficient (Wildman–Crippen LogP) is 1.70. The van der Waals surface area contributed by atoms with Gasteiger partial charge < -0.3 is 4.74 Å². The summed E-state index contributed by atoms with van der Waals surface area (Å²) in [5, 5.41) is 0. The molecular formula is C10H10N2OS. The molecule has 1 aliphatic carbocycles. The first-order valence-corrected chi connectivity index (χ1v) is 4.73. The first-order valence-electron chi connectivity index (χ1n) is 4.32. The minimum atomic E-state index is -0.0180. The molecule has 1 unspecified atom stereocenters. The van der Waals surface area contributed by atoms with Crippen molar-refractivity contribution in [3.8, 4) is 0 Å². The predicted molar refractivity (Wildman–Crippen MR) is 61.2 cm³/mol. The van der Waals surface area contributed by atoms with Gasteiger partial charge in [-0.2, -0.15) is 0 Å². The van der Waals surface area contributed by atoms with Crippen LogP contribution in [0.3, 0.4) is 0 Å². The van der Waals surface area contributed by atoms with Gasteiger partial charge in [-0.25, -0.2) is 9.98 Å². The van der Waals surface area contributed by atoms with Gasteiger partial charge >= 0.3 is 0 Å². The molecular weight excluding hydrogens is 196 g/mol. The van der Waals surface area contributed by atoms with Crippen molar-refractivity contribution in [2.45, 2.75) is 13.0 Å². The summed E-state index contributed by atoms with van der Waals surface area (Å²) in [6, 6.07) is 0. The van der Waals surface area contributed by atoms with Crippen molar-refractivity contribution < 1.29 is 4.74 Å². The average molecular weight is 206 g/mol. The lowest BCUT2D eigenvalue weighted by Crippen LogP contribution is -2.22. The van der Waals surface area contributed by atoms with Gasteiger partial charge in [0.15, 0.2) is 0 Å². The van der Waals surface area contributed by atoms with E-state index in [0.29, 0.717) is 10.8 Å². The molecule has 4 heteroatoms. The Morgan fingerprint density at radius 1 is 1.43 bits per heavy atom. The number of hydrogen-bond acceptors (Lipinski definition) is 3. The Kier molecular flexibility index (Phi) is 2.39. The highest BCUT2D eigenvalue weighted by atomic mass is 32.1. The third kappa shape index (κ3) is 1.58. The van der Waals surface area contributed by atoms with Crippen LogP contribution in [0.15, 0.2) is 33.8 Å². The number of aliphatic imine (C=N–C) groups is 2. The highest BCUT2D eigenvalue weighted by Gasteiger charge is 2.20. The number of rotatable bonds is 1. The van der Waals surface area contributed by atoms with Crippen LogP contribution in [0.25, 0.3) is 0 Å². The number of thiocarbonyl (C=S) groups is 1. The maximum Gasteiger partial charge on any atom is 0.137 e. The molecule has 0 saturated heterocycles. The van der Waals surface area contributed by atoms with Crippen LogP contribution in [0.2, 0.25) is 0 Å². The summed E-state index contributed by atoms with van der Waals surface area (Å²) in [5.74, 6) is 0.711. The molecule has 1 heterocycles. The SMILES string of the molecule is COC1C=CC2=NC(C)=NC(=S)C2=C1. The minimum Gasteiger partial charge on any atom is -0.373 e. The molecule has 2 aliphatic rings. The fourth-order valence-corrected chi connectivity index (χ4v) is 1.72. The Morgan fingerprint density at radius 3 is 2.93 bits per heavy atom. The van der Waals surface area contributed by atoms with Gasteiger partial charge in [0.25, 0.3) is 0 Å². The quantitative estimate of drug-likeness (QED) is 0.612. The monoisotopic (exact) mass is 206 g/mol. The molecule has 0 saturated carbocycles. The number of allylic oxidation sites excluding steroid dienone is 1. The average Bonchev–Trinajstić information content (AvgIpc) is 2.17. The van der Waals surface area contributed by atoms with E-state index >= 15 is 0 Å². The fraction of sp³-hybridized carbons (Fsp3) is 0.300. The number of ether oxygens (including phenoxy) is 1. The van der Waals surface area contributed by atoms with E-state index in [1.54, 1.807) is 7.11 Å². The van der Waals surface area contributed by atoms with E-state index in [1.165, 1.54) is 0 Å². The summed E-state index contributed by atoms with van der Waals surface area (Å²) in [6.45, 7) is 1.84. The Balaban J connectivity index is 2.40. The number of fused-ring (bicyclic) bond motifs is 1. The van der Waals surface area contributed by atoms with E-state index in [9.17, 15) is 0 Å². The van der Waals surface area contributed by atoms with Crippen LogP contribution in [-0.2, 0) is 4.74 Å². The third-order valence-electron chi connectivity index (χ3n) is 2.10. The third-order valence-corrected chi connectivity index (χ3v) is 2.41. The van der Waals surface area contributed by atoms with E-state index in [-0.39, 0.29) is 6.10 Å². The van der Waals surface area contributed by atoms with Crippen LogP contribution >= 0.6 is 12.2 Å². The van der Waals surface area contributed by atoms with Gasteiger partial charge in [0, 0.05) is 12.7 Å². The molecule has 0 N–H and O–H groups in total. The number of methoxy groups -OCH3 is 1. The molecule has 0 aromatic rings. The van der Waals surface area contributed by atoms with Gasteiger partial charge in [-0.1, -0.05) is 12.2 Å². The maximum atomic E-state index is 5.19. The van der Waals surface area contributed by atoms with Crippen LogP contribution in [0.4, 0.5) is 0 Å². The zero-order valence-electron chi connectivity index (χ0n) is 8.02. The Morgan fingerprint density at radius 2 is 2.21 bits per heavy atom. The Labute approximate surface area is 87.9 Å². The van der Waals surface area contributed by atoms with Gasteiger partial charge in [-0.3, -0.25) is 0 Å². The van der Waals surface area contributed by atoms with E-state index in [1.807, 2.05) is 25.2 Å². The Hall–Kier alpha value is -1.13. The van der Waals surface area contributed by atoms with Crippen LogP contribution in [-0.4, -0.2) is 29.7 Å². The van der Waals surface area contributed by atoms with E-state index in [2.05, 4.69) is 9.98 Å². The molecule has 0 aromatic heterocycles. The lowest BCUT2D eigenvalue weighted by molar-refractivity contribution is 0.177. The van der Waals surface area contributed by atoms with Crippen molar-refractivity contribution in [1.29, 1.82) is 0 Å². The molecule has 0 amide bonds. The molecule has 1 aliphatic heterocycles. The number of amidine groups is 1.